The molecule has 0 radical (unpaired) electrons. The van der Waals surface area contributed by atoms with Gasteiger partial charge in [0.2, 0.25) is 11.5 Å². The minimum atomic E-state index is -0.434. The number of ether oxygens (including phenoxy) is 2. The van der Waals surface area contributed by atoms with E-state index in [4.69, 9.17) is 9.47 Å². The largest absolute Gasteiger partial charge is 0.487 e. The molecule has 1 atom stereocenters. The van der Waals surface area contributed by atoms with Crippen LogP contribution in [0.4, 0.5) is 5.69 Å². The minimum absolute atomic E-state index is 0.0242. The van der Waals surface area contributed by atoms with Crippen LogP contribution in [0, 0.1) is 10.1 Å². The smallest absolute Gasteiger partial charge is 0.352 e. The standard InChI is InChI=1S/C14H20N2O4/c1-2-9-19-12-6-3-7-13(14(12)16(17)18)20-11-5-4-8-15-10-11/h3,6-7,11,15H,2,4-5,8-10H2,1H3. The van der Waals surface area contributed by atoms with E-state index in [1.807, 2.05) is 6.92 Å². The molecule has 1 aromatic carbocycles. The summed E-state index contributed by atoms with van der Waals surface area (Å²) in [6.45, 7) is 4.11. The summed E-state index contributed by atoms with van der Waals surface area (Å²) < 4.78 is 11.2. The van der Waals surface area contributed by atoms with Crippen LogP contribution in [0.3, 0.4) is 0 Å². The number of nitrogens with zero attached hydrogens (tertiary/aromatic N) is 1. The second-order valence-corrected chi connectivity index (χ2v) is 4.79. The van der Waals surface area contributed by atoms with Crippen LogP contribution in [0.5, 0.6) is 11.5 Å². The summed E-state index contributed by atoms with van der Waals surface area (Å²) in [4.78, 5) is 10.8. The molecule has 1 fully saturated rings. The number of nitro benzene ring substituents is 1. The van der Waals surface area contributed by atoms with E-state index in [1.165, 1.54) is 0 Å². The zero-order valence-corrected chi connectivity index (χ0v) is 11.6. The average molecular weight is 280 g/mol. The van der Waals surface area contributed by atoms with Gasteiger partial charge in [0.25, 0.3) is 0 Å². The monoisotopic (exact) mass is 280 g/mol. The van der Waals surface area contributed by atoms with Gasteiger partial charge in [0.05, 0.1) is 11.5 Å². The fourth-order valence-corrected chi connectivity index (χ4v) is 2.21. The van der Waals surface area contributed by atoms with Gasteiger partial charge in [-0.1, -0.05) is 13.0 Å². The Balaban J connectivity index is 2.19. The second-order valence-electron chi connectivity index (χ2n) is 4.79. The Morgan fingerprint density at radius 3 is 2.90 bits per heavy atom. The summed E-state index contributed by atoms with van der Waals surface area (Å²) in [6.07, 6.45) is 2.70. The van der Waals surface area contributed by atoms with Gasteiger partial charge in [-0.3, -0.25) is 10.1 Å². The molecule has 1 aliphatic heterocycles. The van der Waals surface area contributed by atoms with E-state index in [0.717, 1.165) is 32.4 Å². The number of piperidine rings is 1. The number of para-hydroxylation sites is 1. The molecule has 2 rings (SSSR count). The highest BCUT2D eigenvalue weighted by Gasteiger charge is 2.25. The van der Waals surface area contributed by atoms with Crippen molar-refractivity contribution in [2.75, 3.05) is 19.7 Å². The first-order valence-corrected chi connectivity index (χ1v) is 7.00. The number of hydrogen-bond acceptors (Lipinski definition) is 5. The number of rotatable bonds is 6. The molecular formula is C14H20N2O4. The van der Waals surface area contributed by atoms with Crippen LogP contribution in [0.25, 0.3) is 0 Å². The van der Waals surface area contributed by atoms with Crippen LogP contribution >= 0.6 is 0 Å². The lowest BCUT2D eigenvalue weighted by Gasteiger charge is -2.24. The molecule has 1 N–H and O–H groups in total. The maximum absolute atomic E-state index is 11.3. The number of benzene rings is 1. The Labute approximate surface area is 118 Å². The van der Waals surface area contributed by atoms with Crippen molar-refractivity contribution in [3.8, 4) is 11.5 Å². The SMILES string of the molecule is CCCOc1cccc(OC2CCCNC2)c1[N+](=O)[O-]. The molecule has 0 aliphatic carbocycles. The van der Waals surface area contributed by atoms with Crippen LogP contribution in [0.15, 0.2) is 18.2 Å². The van der Waals surface area contributed by atoms with Gasteiger partial charge in [0, 0.05) is 6.54 Å². The van der Waals surface area contributed by atoms with Gasteiger partial charge in [-0.05, 0) is 37.9 Å². The predicted molar refractivity (Wildman–Crippen MR) is 75.4 cm³/mol. The molecule has 1 aliphatic rings. The summed E-state index contributed by atoms with van der Waals surface area (Å²) in [5.74, 6) is 0.565. The zero-order valence-electron chi connectivity index (χ0n) is 11.6. The Hall–Kier alpha value is -1.82. The molecule has 1 unspecified atom stereocenters. The van der Waals surface area contributed by atoms with Crippen LogP contribution in [0.1, 0.15) is 26.2 Å². The average Bonchev–Trinajstić information content (AvgIpc) is 2.46. The molecule has 20 heavy (non-hydrogen) atoms. The van der Waals surface area contributed by atoms with Gasteiger partial charge in [0.1, 0.15) is 6.10 Å². The minimum Gasteiger partial charge on any atom is -0.487 e. The number of nitrogens with one attached hydrogen (secondary N) is 1. The van der Waals surface area contributed by atoms with Crippen molar-refractivity contribution >= 4 is 5.69 Å². The van der Waals surface area contributed by atoms with E-state index in [0.29, 0.717) is 6.61 Å². The molecule has 110 valence electrons. The lowest BCUT2D eigenvalue weighted by Crippen LogP contribution is -2.37. The zero-order chi connectivity index (χ0) is 14.4. The first-order valence-electron chi connectivity index (χ1n) is 7.00. The van der Waals surface area contributed by atoms with E-state index in [1.54, 1.807) is 18.2 Å². The Morgan fingerprint density at radius 1 is 1.45 bits per heavy atom. The molecule has 1 heterocycles. The molecule has 0 saturated carbocycles. The quantitative estimate of drug-likeness (QED) is 0.640. The fraction of sp³-hybridized carbons (Fsp3) is 0.571. The van der Waals surface area contributed by atoms with Crippen molar-refractivity contribution in [2.24, 2.45) is 0 Å². The van der Waals surface area contributed by atoms with Gasteiger partial charge in [0.15, 0.2) is 0 Å². The van der Waals surface area contributed by atoms with Gasteiger partial charge in [-0.25, -0.2) is 0 Å². The predicted octanol–water partition coefficient (Wildman–Crippen LogP) is 2.51. The van der Waals surface area contributed by atoms with Crippen LogP contribution in [0.2, 0.25) is 0 Å². The number of nitro groups is 1. The molecule has 1 aromatic rings. The summed E-state index contributed by atoms with van der Waals surface area (Å²) >= 11 is 0. The third-order valence-electron chi connectivity index (χ3n) is 3.15. The molecule has 1 saturated heterocycles. The van der Waals surface area contributed by atoms with Crippen molar-refractivity contribution in [1.29, 1.82) is 0 Å². The van der Waals surface area contributed by atoms with Crippen LogP contribution in [-0.2, 0) is 0 Å². The van der Waals surface area contributed by atoms with E-state index < -0.39 is 4.92 Å². The van der Waals surface area contributed by atoms with Gasteiger partial charge >= 0.3 is 5.69 Å². The molecule has 0 aromatic heterocycles. The Bertz CT molecular complexity index is 458. The van der Waals surface area contributed by atoms with Crippen LogP contribution < -0.4 is 14.8 Å². The third kappa shape index (κ3) is 3.60. The van der Waals surface area contributed by atoms with Crippen molar-refractivity contribution in [1.82, 2.24) is 5.32 Å². The summed E-state index contributed by atoms with van der Waals surface area (Å²) in [5, 5.41) is 14.5. The van der Waals surface area contributed by atoms with Gasteiger partial charge in [-0.15, -0.1) is 0 Å². The van der Waals surface area contributed by atoms with E-state index in [2.05, 4.69) is 5.32 Å². The van der Waals surface area contributed by atoms with E-state index in [-0.39, 0.29) is 23.3 Å². The second kappa shape index (κ2) is 7.09. The maximum Gasteiger partial charge on any atom is 0.352 e. The molecule has 0 spiro atoms. The third-order valence-corrected chi connectivity index (χ3v) is 3.15. The van der Waals surface area contributed by atoms with Crippen molar-refractivity contribution < 1.29 is 14.4 Å². The first-order chi connectivity index (χ1) is 9.72. The summed E-state index contributed by atoms with van der Waals surface area (Å²) in [5.41, 5.74) is -0.0773. The summed E-state index contributed by atoms with van der Waals surface area (Å²) in [7, 11) is 0. The lowest BCUT2D eigenvalue weighted by molar-refractivity contribution is -0.387. The first kappa shape index (κ1) is 14.6. The van der Waals surface area contributed by atoms with Gasteiger partial charge in [-0.2, -0.15) is 0 Å². The normalized spacial score (nSPS) is 18.6. The summed E-state index contributed by atoms with van der Waals surface area (Å²) in [6, 6.07) is 4.97. The Kier molecular flexibility index (Phi) is 5.17. The van der Waals surface area contributed by atoms with Gasteiger partial charge < -0.3 is 14.8 Å². The molecule has 0 amide bonds. The van der Waals surface area contributed by atoms with Crippen molar-refractivity contribution in [2.45, 2.75) is 32.3 Å². The molecule has 6 heteroatoms. The van der Waals surface area contributed by atoms with E-state index in [9.17, 15) is 10.1 Å². The fourth-order valence-electron chi connectivity index (χ4n) is 2.21. The highest BCUT2D eigenvalue weighted by molar-refractivity contribution is 5.57. The topological polar surface area (TPSA) is 73.6 Å². The molecular weight excluding hydrogens is 260 g/mol. The van der Waals surface area contributed by atoms with Crippen molar-refractivity contribution in [3.63, 3.8) is 0 Å². The number of hydrogen-bond donors (Lipinski definition) is 1. The lowest BCUT2D eigenvalue weighted by atomic mass is 10.1. The molecule has 0 bridgehead atoms. The Morgan fingerprint density at radius 2 is 2.25 bits per heavy atom. The van der Waals surface area contributed by atoms with Crippen LogP contribution in [-0.4, -0.2) is 30.7 Å². The highest BCUT2D eigenvalue weighted by atomic mass is 16.6. The molecule has 6 nitrogen and oxygen atoms in total. The maximum atomic E-state index is 11.3. The van der Waals surface area contributed by atoms with E-state index >= 15 is 0 Å². The highest BCUT2D eigenvalue weighted by Crippen LogP contribution is 2.37. The van der Waals surface area contributed by atoms with Crippen molar-refractivity contribution in [3.05, 3.63) is 28.3 Å².